The molecule has 0 aliphatic heterocycles. The quantitative estimate of drug-likeness (QED) is 0.218. The SMILES string of the molecule is CCCCOc1cccc(C(=O)NC(=S)Nc2ccc([N+](=O)[O-])cc2O)c1. The summed E-state index contributed by atoms with van der Waals surface area (Å²) in [6, 6.07) is 10.2. The monoisotopic (exact) mass is 389 g/mol. The Kier molecular flexibility index (Phi) is 7.07. The van der Waals surface area contributed by atoms with Crippen LogP contribution in [0.4, 0.5) is 11.4 Å². The summed E-state index contributed by atoms with van der Waals surface area (Å²) in [6.45, 7) is 2.63. The third-order valence-electron chi connectivity index (χ3n) is 3.53. The molecule has 9 heteroatoms. The smallest absolute Gasteiger partial charge is 0.273 e. The Labute approximate surface area is 161 Å². The number of phenols is 1. The highest BCUT2D eigenvalue weighted by Gasteiger charge is 2.13. The molecule has 142 valence electrons. The topological polar surface area (TPSA) is 114 Å². The van der Waals surface area contributed by atoms with Gasteiger partial charge in [-0.2, -0.15) is 0 Å². The Morgan fingerprint density at radius 1 is 1.30 bits per heavy atom. The van der Waals surface area contributed by atoms with E-state index in [1.807, 2.05) is 0 Å². The lowest BCUT2D eigenvalue weighted by Gasteiger charge is -2.11. The fraction of sp³-hybridized carbons (Fsp3) is 0.222. The van der Waals surface area contributed by atoms with Gasteiger partial charge < -0.3 is 15.2 Å². The molecule has 0 radical (unpaired) electrons. The second kappa shape index (κ2) is 9.48. The van der Waals surface area contributed by atoms with Crippen molar-refractivity contribution < 1.29 is 19.6 Å². The van der Waals surface area contributed by atoms with Gasteiger partial charge in [0.25, 0.3) is 11.6 Å². The van der Waals surface area contributed by atoms with Crippen LogP contribution in [0.2, 0.25) is 0 Å². The maximum atomic E-state index is 12.3. The lowest BCUT2D eigenvalue weighted by atomic mass is 10.2. The average Bonchev–Trinajstić information content (AvgIpc) is 2.63. The molecule has 2 aromatic carbocycles. The zero-order valence-electron chi connectivity index (χ0n) is 14.6. The summed E-state index contributed by atoms with van der Waals surface area (Å²) >= 11 is 5.06. The lowest BCUT2D eigenvalue weighted by molar-refractivity contribution is -0.384. The van der Waals surface area contributed by atoms with E-state index >= 15 is 0 Å². The highest BCUT2D eigenvalue weighted by molar-refractivity contribution is 7.80. The Morgan fingerprint density at radius 2 is 2.07 bits per heavy atom. The molecule has 0 heterocycles. The third kappa shape index (κ3) is 5.93. The van der Waals surface area contributed by atoms with Crippen molar-refractivity contribution in [3.8, 4) is 11.5 Å². The number of non-ortho nitro benzene ring substituents is 1. The van der Waals surface area contributed by atoms with Crippen LogP contribution in [0.25, 0.3) is 0 Å². The number of amides is 1. The molecule has 2 rings (SSSR count). The third-order valence-corrected chi connectivity index (χ3v) is 3.73. The minimum atomic E-state index is -0.626. The van der Waals surface area contributed by atoms with Gasteiger partial charge in [-0.1, -0.05) is 19.4 Å². The molecule has 0 atom stereocenters. The van der Waals surface area contributed by atoms with Crippen molar-refractivity contribution >= 4 is 34.6 Å². The molecule has 0 spiro atoms. The Morgan fingerprint density at radius 3 is 2.74 bits per heavy atom. The molecule has 0 aromatic heterocycles. The number of carbonyl (C=O) groups excluding carboxylic acids is 1. The highest BCUT2D eigenvalue weighted by atomic mass is 32.1. The number of rotatable bonds is 7. The van der Waals surface area contributed by atoms with Crippen LogP contribution in [0.15, 0.2) is 42.5 Å². The second-order valence-corrected chi connectivity index (χ2v) is 6.00. The molecule has 27 heavy (non-hydrogen) atoms. The first kappa shape index (κ1) is 20.1. The first-order valence-electron chi connectivity index (χ1n) is 8.23. The number of thiocarbonyl (C=S) groups is 1. The number of hydrogen-bond acceptors (Lipinski definition) is 6. The summed E-state index contributed by atoms with van der Waals surface area (Å²) in [5, 5.41) is 25.6. The van der Waals surface area contributed by atoms with Crippen LogP contribution >= 0.6 is 12.2 Å². The van der Waals surface area contributed by atoms with E-state index < -0.39 is 10.8 Å². The van der Waals surface area contributed by atoms with E-state index in [4.69, 9.17) is 17.0 Å². The molecule has 0 saturated carbocycles. The maximum Gasteiger partial charge on any atom is 0.273 e. The first-order chi connectivity index (χ1) is 12.9. The summed E-state index contributed by atoms with van der Waals surface area (Å²) in [7, 11) is 0. The summed E-state index contributed by atoms with van der Waals surface area (Å²) < 4.78 is 5.57. The van der Waals surface area contributed by atoms with E-state index in [0.717, 1.165) is 18.9 Å². The van der Waals surface area contributed by atoms with Crippen LogP contribution < -0.4 is 15.4 Å². The van der Waals surface area contributed by atoms with Crippen molar-refractivity contribution in [2.75, 3.05) is 11.9 Å². The van der Waals surface area contributed by atoms with Gasteiger partial charge in [0, 0.05) is 11.6 Å². The molecule has 0 unspecified atom stereocenters. The van der Waals surface area contributed by atoms with Gasteiger partial charge in [0.2, 0.25) is 0 Å². The number of unbranched alkanes of at least 4 members (excludes halogenated alkanes) is 1. The number of nitro benzene ring substituents is 1. The standard InChI is InChI=1S/C18H19N3O5S/c1-2-3-9-26-14-6-4-5-12(10-14)17(23)20-18(27)19-15-8-7-13(21(24)25)11-16(15)22/h4-8,10-11,22H,2-3,9H2,1H3,(H2,19,20,23,27). The van der Waals surface area contributed by atoms with E-state index in [1.165, 1.54) is 12.1 Å². The summed E-state index contributed by atoms with van der Waals surface area (Å²) in [6.07, 6.45) is 1.93. The molecule has 3 N–H and O–H groups in total. The summed E-state index contributed by atoms with van der Waals surface area (Å²) in [5.41, 5.74) is 0.247. The van der Waals surface area contributed by atoms with Crippen LogP contribution in [0.5, 0.6) is 11.5 Å². The van der Waals surface area contributed by atoms with Gasteiger partial charge in [0.1, 0.15) is 11.5 Å². The average molecular weight is 389 g/mol. The van der Waals surface area contributed by atoms with Gasteiger partial charge in [-0.15, -0.1) is 0 Å². The van der Waals surface area contributed by atoms with E-state index in [1.54, 1.807) is 24.3 Å². The fourth-order valence-corrected chi connectivity index (χ4v) is 2.33. The fourth-order valence-electron chi connectivity index (χ4n) is 2.13. The maximum absolute atomic E-state index is 12.3. The largest absolute Gasteiger partial charge is 0.506 e. The van der Waals surface area contributed by atoms with Gasteiger partial charge in [-0.25, -0.2) is 0 Å². The number of ether oxygens (including phenoxy) is 1. The van der Waals surface area contributed by atoms with Crippen molar-refractivity contribution in [2.45, 2.75) is 19.8 Å². The normalized spacial score (nSPS) is 10.1. The van der Waals surface area contributed by atoms with Crippen LogP contribution in [0.1, 0.15) is 30.1 Å². The number of nitro groups is 1. The minimum Gasteiger partial charge on any atom is -0.506 e. The Bertz CT molecular complexity index is 857. The van der Waals surface area contributed by atoms with Crippen molar-refractivity contribution in [3.05, 3.63) is 58.1 Å². The molecule has 8 nitrogen and oxygen atoms in total. The van der Waals surface area contributed by atoms with Crippen molar-refractivity contribution in [1.82, 2.24) is 5.32 Å². The van der Waals surface area contributed by atoms with Crippen LogP contribution in [-0.4, -0.2) is 27.7 Å². The molecular formula is C18H19N3O5S. The summed E-state index contributed by atoms with van der Waals surface area (Å²) in [4.78, 5) is 22.4. The molecule has 0 bridgehead atoms. The zero-order chi connectivity index (χ0) is 19.8. The molecular weight excluding hydrogens is 370 g/mol. The second-order valence-electron chi connectivity index (χ2n) is 5.60. The first-order valence-corrected chi connectivity index (χ1v) is 8.64. The van der Waals surface area contributed by atoms with Gasteiger partial charge in [0.15, 0.2) is 5.11 Å². The number of benzene rings is 2. The summed E-state index contributed by atoms with van der Waals surface area (Å²) in [5.74, 6) is -0.218. The predicted molar refractivity (Wildman–Crippen MR) is 105 cm³/mol. The number of hydrogen-bond donors (Lipinski definition) is 3. The van der Waals surface area contributed by atoms with Crippen LogP contribution in [-0.2, 0) is 0 Å². The van der Waals surface area contributed by atoms with Crippen molar-refractivity contribution in [1.29, 1.82) is 0 Å². The number of nitrogens with zero attached hydrogens (tertiary/aromatic N) is 1. The highest BCUT2D eigenvalue weighted by Crippen LogP contribution is 2.27. The van der Waals surface area contributed by atoms with Gasteiger partial charge in [0.05, 0.1) is 23.3 Å². The van der Waals surface area contributed by atoms with E-state index in [-0.39, 0.29) is 22.2 Å². The van der Waals surface area contributed by atoms with Crippen molar-refractivity contribution in [3.63, 3.8) is 0 Å². The molecule has 0 saturated heterocycles. The molecule has 0 aliphatic rings. The van der Waals surface area contributed by atoms with Crippen molar-refractivity contribution in [2.24, 2.45) is 0 Å². The van der Waals surface area contributed by atoms with E-state index in [0.29, 0.717) is 17.9 Å². The number of nitrogens with one attached hydrogen (secondary N) is 2. The molecule has 1 amide bonds. The van der Waals surface area contributed by atoms with E-state index in [9.17, 15) is 20.0 Å². The van der Waals surface area contributed by atoms with Crippen LogP contribution in [0, 0.1) is 10.1 Å². The lowest BCUT2D eigenvalue weighted by Crippen LogP contribution is -2.34. The minimum absolute atomic E-state index is 0.0542. The molecule has 0 fully saturated rings. The Hall–Kier alpha value is -3.20. The molecule has 2 aromatic rings. The zero-order valence-corrected chi connectivity index (χ0v) is 15.4. The van der Waals surface area contributed by atoms with Gasteiger partial charge >= 0.3 is 0 Å². The predicted octanol–water partition coefficient (Wildman–Crippen LogP) is 3.61. The molecule has 0 aliphatic carbocycles. The number of carbonyl (C=O) groups is 1. The number of aromatic hydroxyl groups is 1. The van der Waals surface area contributed by atoms with Gasteiger partial charge in [-0.05, 0) is 42.9 Å². The number of anilines is 1. The van der Waals surface area contributed by atoms with Crippen LogP contribution in [0.3, 0.4) is 0 Å². The number of phenolic OH excluding ortho intramolecular Hbond substituents is 1. The Balaban J connectivity index is 1.98. The van der Waals surface area contributed by atoms with E-state index in [2.05, 4.69) is 17.6 Å². The van der Waals surface area contributed by atoms with Gasteiger partial charge in [-0.3, -0.25) is 20.2 Å².